The number of ether oxygens (including phenoxy) is 1. The van der Waals surface area contributed by atoms with Crippen LogP contribution in [0.5, 0.6) is 0 Å². The minimum absolute atomic E-state index is 0.0241. The maximum Gasteiger partial charge on any atom is 0.484 e. The van der Waals surface area contributed by atoms with E-state index >= 15 is 0 Å². The predicted octanol–water partition coefficient (Wildman–Crippen LogP) is 3.43. The highest BCUT2D eigenvalue weighted by molar-refractivity contribution is 8.21. The van der Waals surface area contributed by atoms with Crippen molar-refractivity contribution in [3.05, 3.63) is 0 Å². The van der Waals surface area contributed by atoms with Crippen molar-refractivity contribution in [1.29, 1.82) is 0 Å². The van der Waals surface area contributed by atoms with Gasteiger partial charge in [-0.15, -0.1) is 0 Å². The van der Waals surface area contributed by atoms with Gasteiger partial charge in [-0.3, -0.25) is 8.37 Å². The average Bonchev–Trinajstić information content (AvgIpc) is 3.08. The fraction of sp³-hybridized carbons (Fsp3) is 1.00. The number of alkyl halides is 5. The third-order valence-electron chi connectivity index (χ3n) is 2.39. The molecule has 1 aliphatic carbocycles. The molecule has 0 saturated heterocycles. The Kier molecular flexibility index (Phi) is 6.02. The Hall–Kier alpha value is -0.160. The summed E-state index contributed by atoms with van der Waals surface area (Å²) in [5.74, 6) is 0.163. The molecule has 1 unspecified atom stereocenters. The van der Waals surface area contributed by atoms with E-state index in [2.05, 4.69) is 8.92 Å². The lowest BCUT2D eigenvalue weighted by Crippen LogP contribution is -2.40. The minimum Gasteiger partial charge on any atom is -0.382 e. The molecule has 0 radical (unpaired) electrons. The molecule has 0 aromatic rings. The van der Waals surface area contributed by atoms with E-state index in [0.717, 1.165) is 19.1 Å². The van der Waals surface area contributed by atoms with E-state index in [-0.39, 0.29) is 25.7 Å². The van der Waals surface area contributed by atoms with Crippen molar-refractivity contribution >= 4 is 10.9 Å². The Morgan fingerprint density at radius 1 is 1.05 bits per heavy atom. The largest absolute Gasteiger partial charge is 0.484 e. The molecular formula is C10H17F5O4S. The monoisotopic (exact) mass is 328 g/mol. The second kappa shape index (κ2) is 6.73. The first-order valence-electron chi connectivity index (χ1n) is 5.81. The van der Waals surface area contributed by atoms with Gasteiger partial charge in [-0.05, 0) is 18.8 Å². The zero-order valence-electron chi connectivity index (χ0n) is 11.0. The molecule has 0 aromatic heterocycles. The third kappa shape index (κ3) is 5.68. The van der Waals surface area contributed by atoms with Crippen LogP contribution in [0.3, 0.4) is 0 Å². The molecule has 1 rings (SSSR count). The van der Waals surface area contributed by atoms with Gasteiger partial charge < -0.3 is 4.74 Å². The molecule has 0 aliphatic heterocycles. The quantitative estimate of drug-likeness (QED) is 0.480. The van der Waals surface area contributed by atoms with Crippen molar-refractivity contribution in [3.63, 3.8) is 0 Å². The second-order valence-electron chi connectivity index (χ2n) is 4.34. The van der Waals surface area contributed by atoms with Crippen LogP contribution in [-0.4, -0.2) is 45.5 Å². The van der Waals surface area contributed by atoms with E-state index in [9.17, 15) is 22.0 Å². The van der Waals surface area contributed by atoms with Crippen LogP contribution in [0.25, 0.3) is 0 Å². The summed E-state index contributed by atoms with van der Waals surface area (Å²) in [4.78, 5) is 0. The van der Waals surface area contributed by atoms with Gasteiger partial charge in [0.2, 0.25) is 0 Å². The minimum atomic E-state index is -5.82. The van der Waals surface area contributed by atoms with E-state index in [1.54, 1.807) is 0 Å². The lowest BCUT2D eigenvalue weighted by molar-refractivity contribution is -0.361. The molecule has 4 nitrogen and oxygen atoms in total. The van der Waals surface area contributed by atoms with Gasteiger partial charge >= 0.3 is 12.3 Å². The molecule has 0 spiro atoms. The Bertz CT molecular complexity index is 311. The van der Waals surface area contributed by atoms with Crippen molar-refractivity contribution < 1.29 is 39.2 Å². The summed E-state index contributed by atoms with van der Waals surface area (Å²) in [6, 6.07) is 0. The van der Waals surface area contributed by atoms with Crippen molar-refractivity contribution in [2.24, 2.45) is 5.92 Å². The number of hydrogen-bond donors (Lipinski definition) is 0. The molecule has 0 N–H and O–H groups in total. The van der Waals surface area contributed by atoms with Crippen LogP contribution in [0.1, 0.15) is 12.8 Å². The summed E-state index contributed by atoms with van der Waals surface area (Å²) in [5.41, 5.74) is 0. The summed E-state index contributed by atoms with van der Waals surface area (Å²) >= 11 is 0. The smallest absolute Gasteiger partial charge is 0.382 e. The highest BCUT2D eigenvalue weighted by Crippen LogP contribution is 2.56. The van der Waals surface area contributed by atoms with Gasteiger partial charge in [0.25, 0.3) is 0 Å². The average molecular weight is 328 g/mol. The molecule has 1 atom stereocenters. The molecule has 0 amide bonds. The van der Waals surface area contributed by atoms with E-state index in [0.29, 0.717) is 0 Å². The van der Waals surface area contributed by atoms with Gasteiger partial charge in [0, 0.05) is 13.4 Å². The number of hydrogen-bond acceptors (Lipinski definition) is 4. The van der Waals surface area contributed by atoms with Crippen molar-refractivity contribution in [1.82, 2.24) is 0 Å². The normalized spacial score (nSPS) is 21.6. The fourth-order valence-corrected chi connectivity index (χ4v) is 2.54. The van der Waals surface area contributed by atoms with Crippen LogP contribution in [-0.2, 0) is 17.3 Å². The van der Waals surface area contributed by atoms with E-state index in [1.807, 2.05) is 0 Å². The summed E-state index contributed by atoms with van der Waals surface area (Å²) in [5, 5.41) is 0. The number of halogens is 5. The maximum atomic E-state index is 13.0. The highest BCUT2D eigenvalue weighted by atomic mass is 32.3. The molecular weight excluding hydrogens is 311 g/mol. The Morgan fingerprint density at radius 2 is 1.65 bits per heavy atom. The van der Waals surface area contributed by atoms with Crippen molar-refractivity contribution in [2.45, 2.75) is 25.1 Å². The summed E-state index contributed by atoms with van der Waals surface area (Å²) in [6.45, 7) is -0.149. The van der Waals surface area contributed by atoms with Gasteiger partial charge in [0.15, 0.2) is 0 Å². The molecule has 0 aromatic carbocycles. The topological polar surface area (TPSA) is 36.9 Å². The molecule has 0 heterocycles. The lowest BCUT2D eigenvalue weighted by atomic mass is 10.5. The molecule has 0 bridgehead atoms. The van der Waals surface area contributed by atoms with Crippen LogP contribution < -0.4 is 0 Å². The van der Waals surface area contributed by atoms with Gasteiger partial charge in [0.1, 0.15) is 0 Å². The molecule has 20 heavy (non-hydrogen) atoms. The van der Waals surface area contributed by atoms with Gasteiger partial charge in [0.05, 0.1) is 30.7 Å². The molecule has 122 valence electrons. The van der Waals surface area contributed by atoms with Gasteiger partial charge in [-0.2, -0.15) is 22.0 Å². The number of rotatable bonds is 9. The van der Waals surface area contributed by atoms with E-state index in [1.165, 1.54) is 7.11 Å². The molecule has 10 heteroatoms. The molecule has 1 saturated carbocycles. The zero-order chi connectivity index (χ0) is 15.4. The van der Waals surface area contributed by atoms with E-state index in [4.69, 9.17) is 8.37 Å². The van der Waals surface area contributed by atoms with Crippen molar-refractivity contribution in [2.75, 3.05) is 33.2 Å². The van der Waals surface area contributed by atoms with Crippen LogP contribution in [0.2, 0.25) is 0 Å². The first-order chi connectivity index (χ1) is 9.10. The van der Waals surface area contributed by atoms with Gasteiger partial charge in [-0.25, -0.2) is 4.18 Å². The zero-order valence-corrected chi connectivity index (χ0v) is 11.9. The SMILES string of the molecule is COCCOS(C)(OCC1CC1)OC(F)(F)C(F)(F)F. The molecule has 1 aliphatic rings. The Labute approximate surface area is 115 Å². The van der Waals surface area contributed by atoms with Crippen LogP contribution >= 0.6 is 10.9 Å². The highest BCUT2D eigenvalue weighted by Gasteiger charge is 2.62. The van der Waals surface area contributed by atoms with Crippen LogP contribution in [0.4, 0.5) is 22.0 Å². The Balaban J connectivity index is 2.63. The Morgan fingerprint density at radius 3 is 2.10 bits per heavy atom. The maximum absolute atomic E-state index is 13.0. The van der Waals surface area contributed by atoms with Crippen LogP contribution in [0.15, 0.2) is 0 Å². The molecule has 1 fully saturated rings. The van der Waals surface area contributed by atoms with Crippen LogP contribution in [0, 0.1) is 5.92 Å². The standard InChI is InChI=1S/C10H17F5O4S/c1-16-5-6-17-20(2,18-7-8-3-4-8)19-10(14,15)9(11,12)13/h8H,3-7H2,1-2H3. The second-order valence-corrected chi connectivity index (χ2v) is 6.39. The van der Waals surface area contributed by atoms with Crippen molar-refractivity contribution in [3.8, 4) is 0 Å². The first-order valence-corrected chi connectivity index (χ1v) is 7.62. The lowest BCUT2D eigenvalue weighted by Gasteiger charge is -2.36. The summed E-state index contributed by atoms with van der Waals surface area (Å²) in [6.07, 6.45) is -8.49. The number of methoxy groups -OCH3 is 1. The predicted molar refractivity (Wildman–Crippen MR) is 62.1 cm³/mol. The first kappa shape index (κ1) is 17.9. The van der Waals surface area contributed by atoms with Gasteiger partial charge in [-0.1, -0.05) is 0 Å². The summed E-state index contributed by atoms with van der Waals surface area (Å²) < 4.78 is 80.8. The summed E-state index contributed by atoms with van der Waals surface area (Å²) in [7, 11) is -2.12. The third-order valence-corrected chi connectivity index (χ3v) is 4.06. The van der Waals surface area contributed by atoms with E-state index < -0.39 is 23.2 Å². The fourth-order valence-electron chi connectivity index (χ4n) is 1.09.